The van der Waals surface area contributed by atoms with E-state index in [4.69, 9.17) is 4.74 Å². The molecule has 0 amide bonds. The lowest BCUT2D eigenvalue weighted by Gasteiger charge is -2.17. The van der Waals surface area contributed by atoms with Crippen molar-refractivity contribution in [1.82, 2.24) is 9.78 Å². The molecule has 20 heavy (non-hydrogen) atoms. The Kier molecular flexibility index (Phi) is 5.45. The highest BCUT2D eigenvalue weighted by molar-refractivity contribution is 9.10. The van der Waals surface area contributed by atoms with Gasteiger partial charge in [0.2, 0.25) is 0 Å². The van der Waals surface area contributed by atoms with Gasteiger partial charge in [0.05, 0.1) is 6.10 Å². The van der Waals surface area contributed by atoms with Crippen molar-refractivity contribution in [2.45, 2.75) is 63.7 Å². The van der Waals surface area contributed by atoms with Gasteiger partial charge in [-0.25, -0.2) is 4.68 Å². The molecule has 1 N–H and O–H groups in total. The Balaban J connectivity index is 1.91. The van der Waals surface area contributed by atoms with E-state index in [1.165, 1.54) is 11.7 Å². The fourth-order valence-electron chi connectivity index (χ4n) is 2.59. The largest absolute Gasteiger partial charge is 0.393 e. The van der Waals surface area contributed by atoms with Crippen molar-refractivity contribution >= 4 is 24.0 Å². The lowest BCUT2D eigenvalue weighted by atomic mass is 10.0. The molecule has 2 unspecified atom stereocenters. The summed E-state index contributed by atoms with van der Waals surface area (Å²) >= 11 is 3.44. The molecule has 1 aliphatic rings. The molecule has 6 heteroatoms. The Bertz CT molecular complexity index is 445. The van der Waals surface area contributed by atoms with Crippen molar-refractivity contribution in [3.05, 3.63) is 16.4 Å². The first kappa shape index (κ1) is 16.2. The molecule has 4 nitrogen and oxygen atoms in total. The van der Waals surface area contributed by atoms with Gasteiger partial charge in [-0.2, -0.15) is 5.10 Å². The number of halogens is 1. The van der Waals surface area contributed by atoms with Crippen LogP contribution in [0.15, 0.2) is 10.7 Å². The minimum atomic E-state index is -1.04. The summed E-state index contributed by atoms with van der Waals surface area (Å²) < 4.78 is 8.58. The zero-order valence-corrected chi connectivity index (χ0v) is 15.2. The van der Waals surface area contributed by atoms with E-state index < -0.39 is 8.07 Å². The molecule has 1 heterocycles. The first-order chi connectivity index (χ1) is 9.35. The van der Waals surface area contributed by atoms with Gasteiger partial charge in [-0.15, -0.1) is 0 Å². The maximum atomic E-state index is 9.69. The van der Waals surface area contributed by atoms with E-state index >= 15 is 0 Å². The van der Waals surface area contributed by atoms with Crippen LogP contribution in [0.2, 0.25) is 25.7 Å². The molecule has 1 aromatic heterocycles. The molecule has 1 saturated carbocycles. The summed E-state index contributed by atoms with van der Waals surface area (Å²) in [7, 11) is -1.04. The third-order valence-corrected chi connectivity index (χ3v) is 5.91. The van der Waals surface area contributed by atoms with Gasteiger partial charge in [-0.05, 0) is 47.3 Å². The van der Waals surface area contributed by atoms with Gasteiger partial charge in [0.25, 0.3) is 0 Å². The molecule has 0 radical (unpaired) electrons. The highest BCUT2D eigenvalue weighted by atomic mass is 79.9. The summed E-state index contributed by atoms with van der Waals surface area (Å²) in [6.45, 7) is 8.38. The van der Waals surface area contributed by atoms with Crippen LogP contribution in [0.3, 0.4) is 0 Å². The van der Waals surface area contributed by atoms with Crippen molar-refractivity contribution in [2.75, 3.05) is 6.61 Å². The van der Waals surface area contributed by atoms with Gasteiger partial charge in [-0.1, -0.05) is 19.6 Å². The van der Waals surface area contributed by atoms with Crippen molar-refractivity contribution in [3.63, 3.8) is 0 Å². The molecular formula is C14H25BrN2O2Si. The second-order valence-electron chi connectivity index (χ2n) is 6.90. The SMILES string of the molecule is C[Si](C)(C)CCOCn1nc(Br)cc1C1CCC(O)C1. The van der Waals surface area contributed by atoms with Crippen molar-refractivity contribution in [2.24, 2.45) is 0 Å². The van der Waals surface area contributed by atoms with E-state index in [0.717, 1.165) is 30.5 Å². The quantitative estimate of drug-likeness (QED) is 0.622. The summed E-state index contributed by atoms with van der Waals surface area (Å²) in [5, 5.41) is 14.1. The number of hydrogen-bond acceptors (Lipinski definition) is 3. The van der Waals surface area contributed by atoms with Gasteiger partial charge in [0.1, 0.15) is 11.3 Å². The number of aromatic nitrogens is 2. The first-order valence-corrected chi connectivity index (χ1v) is 11.8. The van der Waals surface area contributed by atoms with Crippen LogP contribution in [0.1, 0.15) is 30.9 Å². The van der Waals surface area contributed by atoms with Crippen molar-refractivity contribution in [1.29, 1.82) is 0 Å². The van der Waals surface area contributed by atoms with Crippen molar-refractivity contribution < 1.29 is 9.84 Å². The number of aliphatic hydroxyl groups excluding tert-OH is 1. The van der Waals surface area contributed by atoms with Crippen LogP contribution in [0.25, 0.3) is 0 Å². The topological polar surface area (TPSA) is 47.3 Å². The monoisotopic (exact) mass is 360 g/mol. The molecule has 0 spiro atoms. The van der Waals surface area contributed by atoms with E-state index in [0.29, 0.717) is 12.6 Å². The molecule has 1 aliphatic carbocycles. The fourth-order valence-corrected chi connectivity index (χ4v) is 3.77. The van der Waals surface area contributed by atoms with Crippen LogP contribution in [0, 0.1) is 0 Å². The lowest BCUT2D eigenvalue weighted by Crippen LogP contribution is -2.22. The van der Waals surface area contributed by atoms with E-state index in [2.05, 4.69) is 46.7 Å². The van der Waals surface area contributed by atoms with Crippen LogP contribution in [-0.2, 0) is 11.5 Å². The van der Waals surface area contributed by atoms with Gasteiger partial charge in [-0.3, -0.25) is 0 Å². The highest BCUT2D eigenvalue weighted by Gasteiger charge is 2.27. The normalized spacial score (nSPS) is 23.4. The third kappa shape index (κ3) is 4.68. The Morgan fingerprint density at radius 1 is 1.45 bits per heavy atom. The van der Waals surface area contributed by atoms with Gasteiger partial charge in [0, 0.05) is 26.3 Å². The molecule has 1 aromatic rings. The average molecular weight is 361 g/mol. The van der Waals surface area contributed by atoms with Crippen LogP contribution >= 0.6 is 15.9 Å². The second-order valence-corrected chi connectivity index (χ2v) is 13.3. The van der Waals surface area contributed by atoms with Crippen LogP contribution < -0.4 is 0 Å². The smallest absolute Gasteiger partial charge is 0.139 e. The third-order valence-electron chi connectivity index (χ3n) is 3.81. The zero-order chi connectivity index (χ0) is 14.8. The number of ether oxygens (including phenoxy) is 1. The van der Waals surface area contributed by atoms with E-state index in [1.54, 1.807) is 0 Å². The lowest BCUT2D eigenvalue weighted by molar-refractivity contribution is 0.0752. The molecule has 0 bridgehead atoms. The molecule has 114 valence electrons. The van der Waals surface area contributed by atoms with E-state index in [1.807, 2.05) is 4.68 Å². The van der Waals surface area contributed by atoms with Crippen molar-refractivity contribution in [3.8, 4) is 0 Å². The van der Waals surface area contributed by atoms with E-state index in [-0.39, 0.29) is 6.10 Å². The van der Waals surface area contributed by atoms with Crippen LogP contribution in [-0.4, -0.2) is 35.7 Å². The average Bonchev–Trinajstić information content (AvgIpc) is 2.90. The zero-order valence-electron chi connectivity index (χ0n) is 12.6. The second kappa shape index (κ2) is 6.73. The Labute approximate surface area is 130 Å². The summed E-state index contributed by atoms with van der Waals surface area (Å²) in [6.07, 6.45) is 2.61. The number of hydrogen-bond donors (Lipinski definition) is 1. The standard InChI is InChI=1S/C14H25BrN2O2Si/c1-20(2,3)7-6-19-10-17-13(9-14(15)16-17)11-4-5-12(18)8-11/h9,11-12,18H,4-8,10H2,1-3H3. The number of nitrogens with zero attached hydrogens (tertiary/aromatic N) is 2. The molecular weight excluding hydrogens is 336 g/mol. The molecule has 2 rings (SSSR count). The number of aliphatic hydroxyl groups is 1. The first-order valence-electron chi connectivity index (χ1n) is 7.34. The summed E-state index contributed by atoms with van der Waals surface area (Å²) in [6, 6.07) is 3.23. The predicted molar refractivity (Wildman–Crippen MR) is 86.6 cm³/mol. The minimum absolute atomic E-state index is 0.157. The summed E-state index contributed by atoms with van der Waals surface area (Å²) in [5.41, 5.74) is 1.18. The summed E-state index contributed by atoms with van der Waals surface area (Å²) in [4.78, 5) is 0. The molecule has 0 saturated heterocycles. The maximum Gasteiger partial charge on any atom is 0.139 e. The predicted octanol–water partition coefficient (Wildman–Crippen LogP) is 3.59. The summed E-state index contributed by atoms with van der Waals surface area (Å²) in [5.74, 6) is 0.407. The molecule has 1 fully saturated rings. The van der Waals surface area contributed by atoms with E-state index in [9.17, 15) is 5.11 Å². The highest BCUT2D eigenvalue weighted by Crippen LogP contribution is 2.35. The minimum Gasteiger partial charge on any atom is -0.393 e. The van der Waals surface area contributed by atoms with Gasteiger partial charge < -0.3 is 9.84 Å². The Morgan fingerprint density at radius 2 is 2.20 bits per heavy atom. The Hall–Kier alpha value is -0.173. The molecule has 0 aliphatic heterocycles. The molecule has 2 atom stereocenters. The molecule has 0 aromatic carbocycles. The van der Waals surface area contributed by atoms with Gasteiger partial charge in [0.15, 0.2) is 0 Å². The fraction of sp³-hybridized carbons (Fsp3) is 0.786. The maximum absolute atomic E-state index is 9.69. The van der Waals surface area contributed by atoms with Crippen LogP contribution in [0.5, 0.6) is 0 Å². The van der Waals surface area contributed by atoms with Crippen LogP contribution in [0.4, 0.5) is 0 Å². The number of rotatable bonds is 6. The Morgan fingerprint density at radius 3 is 2.80 bits per heavy atom. The van der Waals surface area contributed by atoms with Gasteiger partial charge >= 0.3 is 0 Å².